The van der Waals surface area contributed by atoms with E-state index in [1.54, 1.807) is 6.07 Å². The van der Waals surface area contributed by atoms with E-state index in [0.29, 0.717) is 11.7 Å². The van der Waals surface area contributed by atoms with Crippen LogP contribution in [-0.4, -0.2) is 17.1 Å². The molecular formula is C13H18N2O2. The van der Waals surface area contributed by atoms with Crippen LogP contribution >= 0.6 is 0 Å². The number of rotatable bonds is 3. The molecule has 4 N–H and O–H groups in total. The molecule has 0 amide bonds. The average molecular weight is 234 g/mol. The molecule has 2 rings (SSSR count). The second-order valence-corrected chi connectivity index (χ2v) is 4.98. The maximum atomic E-state index is 11.0. The predicted molar refractivity (Wildman–Crippen MR) is 68.4 cm³/mol. The topological polar surface area (TPSA) is 75.3 Å². The molecule has 0 atom stereocenters. The third kappa shape index (κ3) is 2.35. The molecule has 0 unspecified atom stereocenters. The van der Waals surface area contributed by atoms with Gasteiger partial charge in [-0.05, 0) is 43.4 Å². The Hall–Kier alpha value is -1.71. The first kappa shape index (κ1) is 11.8. The summed E-state index contributed by atoms with van der Waals surface area (Å²) < 4.78 is 0. The van der Waals surface area contributed by atoms with Gasteiger partial charge in [0.1, 0.15) is 0 Å². The summed E-state index contributed by atoms with van der Waals surface area (Å²) in [7, 11) is 0. The van der Waals surface area contributed by atoms with E-state index in [0.717, 1.165) is 30.0 Å². The van der Waals surface area contributed by atoms with Crippen LogP contribution in [0.1, 0.15) is 35.7 Å². The highest BCUT2D eigenvalue weighted by Gasteiger charge is 2.25. The number of nitrogen functional groups attached to an aromatic ring is 1. The Bertz CT molecular complexity index is 451. The van der Waals surface area contributed by atoms with Gasteiger partial charge in [-0.2, -0.15) is 0 Å². The van der Waals surface area contributed by atoms with Crippen LogP contribution in [0.15, 0.2) is 12.1 Å². The number of benzene rings is 1. The molecule has 1 fully saturated rings. The molecule has 1 aromatic carbocycles. The first-order chi connectivity index (χ1) is 7.97. The van der Waals surface area contributed by atoms with Crippen molar-refractivity contribution in [3.8, 4) is 0 Å². The zero-order valence-corrected chi connectivity index (χ0v) is 10.2. The normalized spacial score (nSPS) is 22.9. The Morgan fingerprint density at radius 1 is 1.47 bits per heavy atom. The number of aromatic carboxylic acids is 1. The summed E-state index contributed by atoms with van der Waals surface area (Å²) in [6.07, 6.45) is 2.29. The Morgan fingerprint density at radius 3 is 2.65 bits per heavy atom. The van der Waals surface area contributed by atoms with Crippen LogP contribution in [0.2, 0.25) is 0 Å². The standard InChI is InChI=1S/C13H18N2O2/c1-7-3-9(4-7)15-10-5-8(2)12(14)11(6-10)13(16)17/h5-7,9,15H,3-4,14H2,1-2H3,(H,16,17). The maximum absolute atomic E-state index is 11.0. The van der Waals surface area contributed by atoms with E-state index in [4.69, 9.17) is 10.8 Å². The summed E-state index contributed by atoms with van der Waals surface area (Å²) in [5, 5.41) is 12.4. The van der Waals surface area contributed by atoms with Crippen molar-refractivity contribution in [1.82, 2.24) is 0 Å². The van der Waals surface area contributed by atoms with Gasteiger partial charge in [0.2, 0.25) is 0 Å². The average Bonchev–Trinajstić information content (AvgIpc) is 2.20. The van der Waals surface area contributed by atoms with Crippen LogP contribution in [0.25, 0.3) is 0 Å². The van der Waals surface area contributed by atoms with Gasteiger partial charge >= 0.3 is 5.97 Å². The van der Waals surface area contributed by atoms with E-state index < -0.39 is 5.97 Å². The van der Waals surface area contributed by atoms with Gasteiger partial charge in [-0.3, -0.25) is 0 Å². The number of hydrogen-bond acceptors (Lipinski definition) is 3. The molecule has 0 saturated heterocycles. The fourth-order valence-corrected chi connectivity index (χ4v) is 2.31. The van der Waals surface area contributed by atoms with Crippen molar-refractivity contribution in [2.24, 2.45) is 5.92 Å². The highest BCUT2D eigenvalue weighted by atomic mass is 16.4. The van der Waals surface area contributed by atoms with Crippen molar-refractivity contribution in [2.45, 2.75) is 32.7 Å². The summed E-state index contributed by atoms with van der Waals surface area (Å²) in [5.74, 6) is -0.211. The monoisotopic (exact) mass is 234 g/mol. The summed E-state index contributed by atoms with van der Waals surface area (Å²) in [4.78, 5) is 11.0. The van der Waals surface area contributed by atoms with Crippen LogP contribution in [0.3, 0.4) is 0 Å². The molecule has 0 heterocycles. The number of nitrogens with two attached hydrogens (primary N) is 1. The second kappa shape index (κ2) is 4.28. The molecule has 0 bridgehead atoms. The van der Waals surface area contributed by atoms with Gasteiger partial charge in [0.15, 0.2) is 0 Å². The molecule has 0 aromatic heterocycles. The smallest absolute Gasteiger partial charge is 0.337 e. The number of carboxylic acids is 1. The third-order valence-electron chi connectivity index (χ3n) is 3.36. The lowest BCUT2D eigenvalue weighted by Gasteiger charge is -2.34. The minimum Gasteiger partial charge on any atom is -0.478 e. The Kier molecular flexibility index (Phi) is 2.96. The number of nitrogens with one attached hydrogen (secondary N) is 1. The first-order valence-electron chi connectivity index (χ1n) is 5.87. The van der Waals surface area contributed by atoms with Gasteiger partial charge in [-0.1, -0.05) is 6.92 Å². The van der Waals surface area contributed by atoms with Crippen molar-refractivity contribution in [3.05, 3.63) is 23.3 Å². The van der Waals surface area contributed by atoms with Crippen molar-refractivity contribution in [2.75, 3.05) is 11.1 Å². The lowest BCUT2D eigenvalue weighted by molar-refractivity contribution is 0.0698. The Balaban J connectivity index is 2.20. The van der Waals surface area contributed by atoms with E-state index in [2.05, 4.69) is 12.2 Å². The fourth-order valence-electron chi connectivity index (χ4n) is 2.31. The van der Waals surface area contributed by atoms with E-state index in [9.17, 15) is 4.79 Å². The molecule has 4 heteroatoms. The molecule has 1 aliphatic rings. The summed E-state index contributed by atoms with van der Waals surface area (Å²) in [5.41, 5.74) is 7.93. The third-order valence-corrected chi connectivity index (χ3v) is 3.36. The van der Waals surface area contributed by atoms with Gasteiger partial charge in [0.25, 0.3) is 0 Å². The minimum absolute atomic E-state index is 0.180. The molecule has 4 nitrogen and oxygen atoms in total. The molecule has 1 aliphatic carbocycles. The predicted octanol–water partition coefficient (Wildman–Crippen LogP) is 2.49. The van der Waals surface area contributed by atoms with Crippen molar-refractivity contribution in [1.29, 1.82) is 0 Å². The lowest BCUT2D eigenvalue weighted by Crippen LogP contribution is -2.33. The number of hydrogen-bond donors (Lipinski definition) is 3. The molecule has 0 aliphatic heterocycles. The molecular weight excluding hydrogens is 216 g/mol. The van der Waals surface area contributed by atoms with Gasteiger partial charge < -0.3 is 16.2 Å². The first-order valence-corrected chi connectivity index (χ1v) is 5.87. The number of anilines is 2. The van der Waals surface area contributed by atoms with Crippen LogP contribution in [0, 0.1) is 12.8 Å². The molecule has 17 heavy (non-hydrogen) atoms. The van der Waals surface area contributed by atoms with E-state index in [1.165, 1.54) is 0 Å². The Labute approximate surface area is 101 Å². The number of carboxylic acid groups (broad SMARTS) is 1. The van der Waals surface area contributed by atoms with Gasteiger partial charge in [-0.25, -0.2) is 4.79 Å². The second-order valence-electron chi connectivity index (χ2n) is 4.98. The molecule has 0 spiro atoms. The summed E-state index contributed by atoms with van der Waals surface area (Å²) >= 11 is 0. The maximum Gasteiger partial charge on any atom is 0.337 e. The van der Waals surface area contributed by atoms with Crippen LogP contribution in [0.5, 0.6) is 0 Å². The quantitative estimate of drug-likeness (QED) is 0.702. The number of aryl methyl sites for hydroxylation is 1. The van der Waals surface area contributed by atoms with E-state index >= 15 is 0 Å². The van der Waals surface area contributed by atoms with Crippen molar-refractivity contribution in [3.63, 3.8) is 0 Å². The van der Waals surface area contributed by atoms with Gasteiger partial charge in [0, 0.05) is 17.4 Å². The van der Waals surface area contributed by atoms with Gasteiger partial charge in [-0.15, -0.1) is 0 Å². The van der Waals surface area contributed by atoms with Crippen LogP contribution in [0.4, 0.5) is 11.4 Å². The highest BCUT2D eigenvalue weighted by molar-refractivity contribution is 5.95. The molecule has 92 valence electrons. The lowest BCUT2D eigenvalue weighted by atomic mass is 9.82. The largest absolute Gasteiger partial charge is 0.478 e. The SMILES string of the molecule is Cc1cc(NC2CC(C)C2)cc(C(=O)O)c1N. The Morgan fingerprint density at radius 2 is 2.12 bits per heavy atom. The van der Waals surface area contributed by atoms with E-state index in [-0.39, 0.29) is 5.56 Å². The van der Waals surface area contributed by atoms with Crippen molar-refractivity contribution < 1.29 is 9.90 Å². The summed E-state index contributed by atoms with van der Waals surface area (Å²) in [6.45, 7) is 4.05. The molecule has 1 saturated carbocycles. The zero-order valence-electron chi connectivity index (χ0n) is 10.2. The van der Waals surface area contributed by atoms with E-state index in [1.807, 2.05) is 13.0 Å². The minimum atomic E-state index is -0.976. The van der Waals surface area contributed by atoms with Crippen LogP contribution < -0.4 is 11.1 Å². The van der Waals surface area contributed by atoms with Gasteiger partial charge in [0.05, 0.1) is 5.56 Å². The highest BCUT2D eigenvalue weighted by Crippen LogP contribution is 2.31. The summed E-state index contributed by atoms with van der Waals surface area (Å²) in [6, 6.07) is 3.99. The fraction of sp³-hybridized carbons (Fsp3) is 0.462. The molecule has 0 radical (unpaired) electrons. The van der Waals surface area contributed by atoms with Crippen LogP contribution in [-0.2, 0) is 0 Å². The number of carbonyl (C=O) groups is 1. The van der Waals surface area contributed by atoms with Crippen molar-refractivity contribution >= 4 is 17.3 Å². The molecule has 1 aromatic rings. The zero-order chi connectivity index (χ0) is 12.6.